The number of hydrogen-bond acceptors (Lipinski definition) is 5. The summed E-state index contributed by atoms with van der Waals surface area (Å²) in [6.07, 6.45) is 0. The van der Waals surface area contributed by atoms with Crippen molar-refractivity contribution < 1.29 is 4.42 Å². The summed E-state index contributed by atoms with van der Waals surface area (Å²) in [7, 11) is 0. The fraction of sp³-hybridized carbons (Fsp3) is 0.357. The van der Waals surface area contributed by atoms with Crippen molar-refractivity contribution >= 4 is 23.0 Å². The molecule has 0 fully saturated rings. The maximum absolute atomic E-state index is 5.80. The third kappa shape index (κ3) is 2.80. The normalized spacial score (nSPS) is 12.2. The SMILES string of the molecule is Cc1ccc(C(C)Nc2nnc(C)c(C)c2C(N)=S)o1. The first-order valence-corrected chi connectivity index (χ1v) is 6.77. The van der Waals surface area contributed by atoms with Gasteiger partial charge in [0, 0.05) is 0 Å². The van der Waals surface area contributed by atoms with Crippen molar-refractivity contribution in [2.45, 2.75) is 33.7 Å². The molecule has 0 radical (unpaired) electrons. The topological polar surface area (TPSA) is 77.0 Å². The summed E-state index contributed by atoms with van der Waals surface area (Å²) in [4.78, 5) is 0.311. The summed E-state index contributed by atoms with van der Waals surface area (Å²) in [5, 5.41) is 11.5. The van der Waals surface area contributed by atoms with Crippen molar-refractivity contribution in [1.82, 2.24) is 10.2 Å². The number of nitrogens with zero attached hydrogens (tertiary/aromatic N) is 2. The quantitative estimate of drug-likeness (QED) is 0.843. The Balaban J connectivity index is 2.34. The van der Waals surface area contributed by atoms with Crippen LogP contribution < -0.4 is 11.1 Å². The van der Waals surface area contributed by atoms with Gasteiger partial charge in [0.15, 0.2) is 5.82 Å². The van der Waals surface area contributed by atoms with Gasteiger partial charge in [-0.2, -0.15) is 5.10 Å². The Morgan fingerprint density at radius 2 is 2.00 bits per heavy atom. The van der Waals surface area contributed by atoms with E-state index in [-0.39, 0.29) is 6.04 Å². The fourth-order valence-corrected chi connectivity index (χ4v) is 2.22. The Hall–Kier alpha value is -1.95. The van der Waals surface area contributed by atoms with Crippen LogP contribution in [0.4, 0.5) is 5.82 Å². The predicted molar refractivity (Wildman–Crippen MR) is 82.9 cm³/mol. The van der Waals surface area contributed by atoms with Crippen molar-refractivity contribution in [2.75, 3.05) is 5.32 Å². The van der Waals surface area contributed by atoms with Gasteiger partial charge in [0.25, 0.3) is 0 Å². The zero-order chi connectivity index (χ0) is 14.9. The minimum Gasteiger partial charge on any atom is -0.464 e. The zero-order valence-corrected chi connectivity index (χ0v) is 12.8. The minimum atomic E-state index is -0.0480. The lowest BCUT2D eigenvalue weighted by molar-refractivity contribution is 0.466. The Labute approximate surface area is 123 Å². The molecule has 0 aliphatic rings. The van der Waals surface area contributed by atoms with E-state index in [0.717, 1.165) is 28.3 Å². The highest BCUT2D eigenvalue weighted by Crippen LogP contribution is 2.24. The van der Waals surface area contributed by atoms with Gasteiger partial charge in [-0.1, -0.05) is 12.2 Å². The molecule has 106 valence electrons. The van der Waals surface area contributed by atoms with E-state index in [2.05, 4.69) is 15.5 Å². The highest BCUT2D eigenvalue weighted by molar-refractivity contribution is 7.80. The summed E-state index contributed by atoms with van der Waals surface area (Å²) >= 11 is 5.12. The molecule has 2 aromatic heterocycles. The summed E-state index contributed by atoms with van der Waals surface area (Å²) in [5.74, 6) is 2.29. The van der Waals surface area contributed by atoms with E-state index < -0.39 is 0 Å². The average Bonchev–Trinajstić information content (AvgIpc) is 2.80. The molecule has 2 heterocycles. The van der Waals surface area contributed by atoms with Crippen LogP contribution in [-0.2, 0) is 0 Å². The van der Waals surface area contributed by atoms with Gasteiger partial charge in [-0.3, -0.25) is 0 Å². The maximum atomic E-state index is 5.80. The number of hydrogen-bond donors (Lipinski definition) is 2. The molecule has 2 aromatic rings. The lowest BCUT2D eigenvalue weighted by atomic mass is 10.1. The lowest BCUT2D eigenvalue weighted by Gasteiger charge is -2.16. The molecule has 2 rings (SSSR count). The minimum absolute atomic E-state index is 0.0480. The van der Waals surface area contributed by atoms with E-state index in [1.165, 1.54) is 0 Å². The van der Waals surface area contributed by atoms with E-state index >= 15 is 0 Å². The first-order valence-electron chi connectivity index (χ1n) is 6.36. The van der Waals surface area contributed by atoms with Crippen molar-refractivity contribution in [3.05, 3.63) is 40.5 Å². The highest BCUT2D eigenvalue weighted by atomic mass is 32.1. The van der Waals surface area contributed by atoms with Crippen molar-refractivity contribution in [3.63, 3.8) is 0 Å². The van der Waals surface area contributed by atoms with Gasteiger partial charge in [0.1, 0.15) is 16.5 Å². The molecular weight excluding hydrogens is 272 g/mol. The Morgan fingerprint density at radius 1 is 1.30 bits per heavy atom. The molecule has 1 unspecified atom stereocenters. The van der Waals surface area contributed by atoms with Gasteiger partial charge in [0.2, 0.25) is 0 Å². The summed E-state index contributed by atoms with van der Waals surface area (Å²) in [6.45, 7) is 7.71. The Kier molecular flexibility index (Phi) is 4.04. The van der Waals surface area contributed by atoms with Crippen LogP contribution in [0.5, 0.6) is 0 Å². The molecule has 0 bridgehead atoms. The number of anilines is 1. The fourth-order valence-electron chi connectivity index (χ4n) is 1.97. The molecule has 0 spiro atoms. The molecule has 0 aromatic carbocycles. The van der Waals surface area contributed by atoms with Crippen molar-refractivity contribution in [3.8, 4) is 0 Å². The number of aromatic nitrogens is 2. The molecule has 3 N–H and O–H groups in total. The van der Waals surface area contributed by atoms with Crippen LogP contribution in [0, 0.1) is 20.8 Å². The van der Waals surface area contributed by atoms with Crippen LogP contribution in [-0.4, -0.2) is 15.2 Å². The maximum Gasteiger partial charge on any atom is 0.159 e. The molecule has 5 nitrogen and oxygen atoms in total. The summed E-state index contributed by atoms with van der Waals surface area (Å²) in [6, 6.07) is 3.81. The standard InChI is InChI=1S/C14H18N4OS/c1-7-5-6-11(19-7)10(4)16-14-12(13(15)20)8(2)9(3)17-18-14/h5-6,10H,1-4H3,(H2,15,20)(H,16,18). The number of nitrogens with two attached hydrogens (primary N) is 1. The highest BCUT2D eigenvalue weighted by Gasteiger charge is 2.17. The number of nitrogens with one attached hydrogen (secondary N) is 1. The Morgan fingerprint density at radius 3 is 2.55 bits per heavy atom. The lowest BCUT2D eigenvalue weighted by Crippen LogP contribution is -2.19. The van der Waals surface area contributed by atoms with Gasteiger partial charge >= 0.3 is 0 Å². The van der Waals surface area contributed by atoms with E-state index in [1.54, 1.807) is 0 Å². The van der Waals surface area contributed by atoms with Crippen LogP contribution in [0.25, 0.3) is 0 Å². The Bertz CT molecular complexity index is 651. The largest absolute Gasteiger partial charge is 0.464 e. The van der Waals surface area contributed by atoms with Gasteiger partial charge in [-0.15, -0.1) is 5.10 Å². The second-order valence-corrected chi connectivity index (χ2v) is 5.25. The van der Waals surface area contributed by atoms with Gasteiger partial charge in [-0.05, 0) is 45.4 Å². The number of aryl methyl sites for hydroxylation is 2. The van der Waals surface area contributed by atoms with Crippen LogP contribution in [0.1, 0.15) is 41.3 Å². The van der Waals surface area contributed by atoms with E-state index in [1.807, 2.05) is 39.8 Å². The van der Waals surface area contributed by atoms with Crippen LogP contribution >= 0.6 is 12.2 Å². The first-order chi connectivity index (χ1) is 9.40. The van der Waals surface area contributed by atoms with Gasteiger partial charge in [-0.25, -0.2) is 0 Å². The van der Waals surface area contributed by atoms with Gasteiger partial charge < -0.3 is 15.5 Å². The molecule has 0 amide bonds. The smallest absolute Gasteiger partial charge is 0.159 e. The number of thiocarbonyl (C=S) groups is 1. The molecule has 0 aliphatic heterocycles. The van der Waals surface area contributed by atoms with Gasteiger partial charge in [0.05, 0.1) is 17.3 Å². The van der Waals surface area contributed by atoms with E-state index in [9.17, 15) is 0 Å². The molecule has 20 heavy (non-hydrogen) atoms. The predicted octanol–water partition coefficient (Wildman–Crippen LogP) is 2.80. The molecule has 0 saturated carbocycles. The summed E-state index contributed by atoms with van der Waals surface area (Å²) < 4.78 is 5.60. The molecule has 0 aliphatic carbocycles. The van der Waals surface area contributed by atoms with Crippen LogP contribution in [0.15, 0.2) is 16.5 Å². The third-order valence-corrected chi connectivity index (χ3v) is 3.45. The number of rotatable bonds is 4. The zero-order valence-electron chi connectivity index (χ0n) is 12.0. The summed E-state index contributed by atoms with van der Waals surface area (Å²) in [5.41, 5.74) is 8.30. The molecule has 0 saturated heterocycles. The van der Waals surface area contributed by atoms with Crippen molar-refractivity contribution in [1.29, 1.82) is 0 Å². The molecular formula is C14H18N4OS. The van der Waals surface area contributed by atoms with E-state index in [4.69, 9.17) is 22.4 Å². The van der Waals surface area contributed by atoms with Crippen LogP contribution in [0.3, 0.4) is 0 Å². The monoisotopic (exact) mass is 290 g/mol. The average molecular weight is 290 g/mol. The number of furan rings is 1. The van der Waals surface area contributed by atoms with E-state index in [0.29, 0.717) is 10.8 Å². The second kappa shape index (κ2) is 5.58. The first kappa shape index (κ1) is 14.5. The van der Waals surface area contributed by atoms with Crippen molar-refractivity contribution in [2.24, 2.45) is 5.73 Å². The van der Waals surface area contributed by atoms with Crippen LogP contribution in [0.2, 0.25) is 0 Å². The molecule has 6 heteroatoms. The third-order valence-electron chi connectivity index (χ3n) is 3.24. The second-order valence-electron chi connectivity index (χ2n) is 4.81. The molecule has 1 atom stereocenters.